The molecule has 1 aromatic rings. The number of carbonyl (C=O) groups excluding carboxylic acids is 1. The molecule has 4 bridgehead atoms. The van der Waals surface area contributed by atoms with Gasteiger partial charge < -0.3 is 14.6 Å². The van der Waals surface area contributed by atoms with Crippen LogP contribution in [0.1, 0.15) is 48.9 Å². The summed E-state index contributed by atoms with van der Waals surface area (Å²) in [5.74, 6) is 0.570. The first kappa shape index (κ1) is 17.4. The van der Waals surface area contributed by atoms with Crippen LogP contribution in [0.4, 0.5) is 5.69 Å². The predicted molar refractivity (Wildman–Crippen MR) is 91.7 cm³/mol. The minimum atomic E-state index is -0.570. The van der Waals surface area contributed by atoms with Crippen LogP contribution in [0.5, 0.6) is 0 Å². The second kappa shape index (κ2) is 6.32. The molecule has 0 heterocycles. The van der Waals surface area contributed by atoms with E-state index in [4.69, 9.17) is 9.47 Å². The van der Waals surface area contributed by atoms with E-state index >= 15 is 0 Å². The molecule has 26 heavy (non-hydrogen) atoms. The molecule has 0 aliphatic heterocycles. The van der Waals surface area contributed by atoms with E-state index < -0.39 is 16.5 Å². The molecule has 4 saturated carbocycles. The second-order valence-electron chi connectivity index (χ2n) is 8.16. The van der Waals surface area contributed by atoms with Crippen LogP contribution in [0.15, 0.2) is 24.3 Å². The van der Waals surface area contributed by atoms with E-state index in [1.807, 2.05) is 0 Å². The Morgan fingerprint density at radius 2 is 1.81 bits per heavy atom. The summed E-state index contributed by atoms with van der Waals surface area (Å²) in [7, 11) is 0. The summed E-state index contributed by atoms with van der Waals surface area (Å²) in [6.07, 6.45) is 5.64. The van der Waals surface area contributed by atoms with Crippen molar-refractivity contribution in [1.82, 2.24) is 0 Å². The van der Waals surface area contributed by atoms with Gasteiger partial charge in [0.15, 0.2) is 0 Å². The Morgan fingerprint density at radius 1 is 1.15 bits per heavy atom. The summed E-state index contributed by atoms with van der Waals surface area (Å²) in [5.41, 5.74) is -0.623. The SMILES string of the molecule is O=C(OCCOC12CC3CC(CC(O)(C3)C1)C2)c1ccc([N+](=O)[O-])cc1. The van der Waals surface area contributed by atoms with Crippen molar-refractivity contribution >= 4 is 11.7 Å². The first-order valence-corrected chi connectivity index (χ1v) is 9.14. The van der Waals surface area contributed by atoms with E-state index in [0.717, 1.165) is 25.7 Å². The number of ether oxygens (including phenoxy) is 2. The van der Waals surface area contributed by atoms with Gasteiger partial charge in [-0.25, -0.2) is 4.79 Å². The topological polar surface area (TPSA) is 98.9 Å². The van der Waals surface area contributed by atoms with Crippen LogP contribution in [-0.2, 0) is 9.47 Å². The fraction of sp³-hybridized carbons (Fsp3) is 0.632. The van der Waals surface area contributed by atoms with Crippen LogP contribution in [0.2, 0.25) is 0 Å². The molecule has 7 heteroatoms. The Bertz CT molecular complexity index is 701. The van der Waals surface area contributed by atoms with Crippen molar-refractivity contribution < 1.29 is 24.3 Å². The molecule has 1 aromatic carbocycles. The maximum Gasteiger partial charge on any atom is 0.338 e. The fourth-order valence-corrected chi connectivity index (χ4v) is 5.49. The summed E-state index contributed by atoms with van der Waals surface area (Å²) in [4.78, 5) is 22.1. The zero-order chi connectivity index (χ0) is 18.4. The van der Waals surface area contributed by atoms with E-state index in [9.17, 15) is 20.0 Å². The number of benzene rings is 1. The number of aliphatic hydroxyl groups is 1. The van der Waals surface area contributed by atoms with E-state index in [2.05, 4.69) is 0 Å². The molecule has 5 rings (SSSR count). The molecule has 0 spiro atoms. The van der Waals surface area contributed by atoms with Gasteiger partial charge >= 0.3 is 5.97 Å². The molecule has 4 fully saturated rings. The van der Waals surface area contributed by atoms with Gasteiger partial charge in [0, 0.05) is 18.6 Å². The van der Waals surface area contributed by atoms with Gasteiger partial charge in [0.25, 0.3) is 5.69 Å². The largest absolute Gasteiger partial charge is 0.460 e. The predicted octanol–water partition coefficient (Wildman–Crippen LogP) is 2.85. The zero-order valence-corrected chi connectivity index (χ0v) is 14.6. The Hall–Kier alpha value is -1.99. The highest BCUT2D eigenvalue weighted by Gasteiger charge is 2.57. The second-order valence-corrected chi connectivity index (χ2v) is 8.16. The average molecular weight is 361 g/mol. The third-order valence-corrected chi connectivity index (χ3v) is 6.02. The van der Waals surface area contributed by atoms with Gasteiger partial charge in [-0.2, -0.15) is 0 Å². The Labute approximate surface area is 151 Å². The lowest BCUT2D eigenvalue weighted by Gasteiger charge is -2.59. The summed E-state index contributed by atoms with van der Waals surface area (Å²) in [5, 5.41) is 21.3. The van der Waals surface area contributed by atoms with Crippen LogP contribution in [-0.4, -0.2) is 40.4 Å². The highest BCUT2D eigenvalue weighted by Crippen LogP contribution is 2.58. The van der Waals surface area contributed by atoms with Crippen LogP contribution in [0.25, 0.3) is 0 Å². The maximum atomic E-state index is 12.0. The molecule has 0 radical (unpaired) electrons. The molecule has 4 aliphatic carbocycles. The van der Waals surface area contributed by atoms with Crippen molar-refractivity contribution in [3.05, 3.63) is 39.9 Å². The van der Waals surface area contributed by atoms with Crippen molar-refractivity contribution in [3.63, 3.8) is 0 Å². The molecular formula is C19H23NO6. The first-order chi connectivity index (χ1) is 12.4. The molecule has 2 unspecified atom stereocenters. The molecule has 140 valence electrons. The highest BCUT2D eigenvalue weighted by atomic mass is 16.6. The molecular weight excluding hydrogens is 338 g/mol. The standard InChI is InChI=1S/C19H23NO6/c21-17(15-1-3-16(4-2-15)20(23)24)25-5-6-26-19-10-13-7-14(11-19)9-18(22,8-13)12-19/h1-4,13-14,22H,5-12H2. The molecule has 1 N–H and O–H groups in total. The Kier molecular flexibility index (Phi) is 4.23. The molecule has 0 amide bonds. The van der Waals surface area contributed by atoms with Crippen molar-refractivity contribution in [2.45, 2.75) is 49.7 Å². The van der Waals surface area contributed by atoms with Crippen LogP contribution >= 0.6 is 0 Å². The summed E-state index contributed by atoms with van der Waals surface area (Å²) in [6.45, 7) is 0.430. The monoisotopic (exact) mass is 361 g/mol. The van der Waals surface area contributed by atoms with Crippen molar-refractivity contribution in [2.75, 3.05) is 13.2 Å². The van der Waals surface area contributed by atoms with Crippen molar-refractivity contribution in [2.24, 2.45) is 11.8 Å². The van der Waals surface area contributed by atoms with Gasteiger partial charge in [-0.1, -0.05) is 0 Å². The quantitative estimate of drug-likeness (QED) is 0.362. The number of nitro groups is 1. The summed E-state index contributed by atoms with van der Waals surface area (Å²) >= 11 is 0. The number of rotatable bonds is 6. The van der Waals surface area contributed by atoms with Crippen LogP contribution in [0.3, 0.4) is 0 Å². The Balaban J connectivity index is 1.27. The highest BCUT2D eigenvalue weighted by molar-refractivity contribution is 5.89. The number of nitrogens with zero attached hydrogens (tertiary/aromatic N) is 1. The molecule has 4 aliphatic rings. The fourth-order valence-electron chi connectivity index (χ4n) is 5.49. The molecule has 7 nitrogen and oxygen atoms in total. The third-order valence-electron chi connectivity index (χ3n) is 6.02. The number of hydrogen-bond acceptors (Lipinski definition) is 6. The minimum absolute atomic E-state index is 0.0652. The number of non-ortho nitro benzene ring substituents is 1. The van der Waals surface area contributed by atoms with Crippen molar-refractivity contribution in [3.8, 4) is 0 Å². The lowest BCUT2D eigenvalue weighted by molar-refractivity contribution is -0.384. The molecule has 2 atom stereocenters. The lowest BCUT2D eigenvalue weighted by Crippen LogP contribution is -2.60. The maximum absolute atomic E-state index is 12.0. The van der Waals surface area contributed by atoms with E-state index in [0.29, 0.717) is 24.9 Å². The van der Waals surface area contributed by atoms with Gasteiger partial charge in [-0.15, -0.1) is 0 Å². The van der Waals surface area contributed by atoms with Gasteiger partial charge in [0.2, 0.25) is 0 Å². The van der Waals surface area contributed by atoms with Gasteiger partial charge in [0.05, 0.1) is 28.3 Å². The van der Waals surface area contributed by atoms with Crippen LogP contribution in [0, 0.1) is 22.0 Å². The first-order valence-electron chi connectivity index (χ1n) is 9.14. The minimum Gasteiger partial charge on any atom is -0.460 e. The average Bonchev–Trinajstić information content (AvgIpc) is 2.56. The number of carbonyl (C=O) groups is 1. The van der Waals surface area contributed by atoms with Gasteiger partial charge in [0.1, 0.15) is 6.61 Å². The smallest absolute Gasteiger partial charge is 0.338 e. The zero-order valence-electron chi connectivity index (χ0n) is 14.6. The number of esters is 1. The summed E-state index contributed by atoms with van der Waals surface area (Å²) in [6, 6.07) is 5.33. The molecule has 0 saturated heterocycles. The van der Waals surface area contributed by atoms with Crippen LogP contribution < -0.4 is 0 Å². The van der Waals surface area contributed by atoms with Gasteiger partial charge in [-0.05, 0) is 56.1 Å². The molecule has 0 aromatic heterocycles. The van der Waals surface area contributed by atoms with E-state index in [-0.39, 0.29) is 23.5 Å². The van der Waals surface area contributed by atoms with E-state index in [1.165, 1.54) is 30.7 Å². The normalized spacial score (nSPS) is 34.7. The number of nitro benzene ring substituents is 1. The third kappa shape index (κ3) is 3.33. The number of hydrogen-bond donors (Lipinski definition) is 1. The van der Waals surface area contributed by atoms with Crippen molar-refractivity contribution in [1.29, 1.82) is 0 Å². The van der Waals surface area contributed by atoms with E-state index in [1.54, 1.807) is 0 Å². The summed E-state index contributed by atoms with van der Waals surface area (Å²) < 4.78 is 11.3. The lowest BCUT2D eigenvalue weighted by atomic mass is 9.52. The van der Waals surface area contributed by atoms with Gasteiger partial charge in [-0.3, -0.25) is 10.1 Å². The Morgan fingerprint density at radius 3 is 2.38 bits per heavy atom.